The van der Waals surface area contributed by atoms with Gasteiger partial charge in [0.1, 0.15) is 5.75 Å². The van der Waals surface area contributed by atoms with E-state index in [0.29, 0.717) is 11.5 Å². The molecule has 0 fully saturated rings. The van der Waals surface area contributed by atoms with Crippen molar-refractivity contribution < 1.29 is 23.2 Å². The van der Waals surface area contributed by atoms with Crippen LogP contribution in [0.2, 0.25) is 0 Å². The molecular weight excluding hydrogens is 478 g/mol. The molecule has 3 N–H and O–H groups in total. The zero-order chi connectivity index (χ0) is 25.7. The molecule has 1 aliphatic heterocycles. The first-order chi connectivity index (χ1) is 17.3. The highest BCUT2D eigenvalue weighted by atomic mass is 32.2. The normalized spacial score (nSPS) is 15.9. The second-order valence-corrected chi connectivity index (χ2v) is 10.8. The first-order valence-corrected chi connectivity index (χ1v) is 13.5. The summed E-state index contributed by atoms with van der Waals surface area (Å²) in [4.78, 5) is 12.8. The van der Waals surface area contributed by atoms with Crippen molar-refractivity contribution in [3.8, 4) is 5.75 Å². The number of methoxy groups -OCH3 is 1. The minimum absolute atomic E-state index is 0.0900. The molecule has 4 rings (SSSR count). The number of fused-ring (bicyclic) bond motifs is 1. The van der Waals surface area contributed by atoms with Crippen LogP contribution in [0.5, 0.6) is 5.75 Å². The molecule has 1 aliphatic carbocycles. The molecule has 0 radical (unpaired) electrons. The van der Waals surface area contributed by atoms with E-state index in [1.54, 1.807) is 6.92 Å². The molecule has 190 valence electrons. The van der Waals surface area contributed by atoms with Crippen LogP contribution in [0.15, 0.2) is 77.2 Å². The van der Waals surface area contributed by atoms with Gasteiger partial charge < -0.3 is 15.4 Å². The molecule has 1 unspecified atom stereocenters. The zero-order valence-electron chi connectivity index (χ0n) is 20.4. The number of hydrogen-bond donors (Lipinski definition) is 3. The number of hydrogen-bond acceptors (Lipinski definition) is 6. The smallest absolute Gasteiger partial charge is 0.346 e. The van der Waals surface area contributed by atoms with E-state index >= 15 is 0 Å². The first kappa shape index (κ1) is 25.7. The minimum Gasteiger partial charge on any atom is -0.495 e. The van der Waals surface area contributed by atoms with Gasteiger partial charge in [0.2, 0.25) is 0 Å². The SMILES string of the molecule is COc1cc(S(=O)(=O)Cc2ccc3c(c2)CCNC3)ccc1NC(=O)N(O)C(C)C1=CCC=CC=C1. The lowest BCUT2D eigenvalue weighted by Gasteiger charge is -2.24. The number of carbonyl (C=O) groups excluding carboxylic acids is 1. The van der Waals surface area contributed by atoms with Crippen molar-refractivity contribution in [2.75, 3.05) is 19.0 Å². The number of amides is 2. The highest BCUT2D eigenvalue weighted by molar-refractivity contribution is 7.90. The fraction of sp³-hybridized carbons (Fsp3) is 0.296. The molecule has 0 aromatic heterocycles. The Morgan fingerprint density at radius 3 is 2.83 bits per heavy atom. The summed E-state index contributed by atoms with van der Waals surface area (Å²) in [6.07, 6.45) is 11.1. The topological polar surface area (TPSA) is 108 Å². The molecule has 0 bridgehead atoms. The van der Waals surface area contributed by atoms with Crippen molar-refractivity contribution in [3.63, 3.8) is 0 Å². The van der Waals surface area contributed by atoms with Crippen LogP contribution in [0, 0.1) is 0 Å². The molecule has 2 amide bonds. The van der Waals surface area contributed by atoms with E-state index < -0.39 is 21.9 Å². The molecule has 8 nitrogen and oxygen atoms in total. The van der Waals surface area contributed by atoms with Crippen molar-refractivity contribution in [1.29, 1.82) is 0 Å². The van der Waals surface area contributed by atoms with Gasteiger partial charge >= 0.3 is 6.03 Å². The van der Waals surface area contributed by atoms with Crippen LogP contribution in [0.4, 0.5) is 10.5 Å². The quantitative estimate of drug-likeness (QED) is 0.378. The van der Waals surface area contributed by atoms with Crippen LogP contribution < -0.4 is 15.4 Å². The average molecular weight is 510 g/mol. The monoisotopic (exact) mass is 509 g/mol. The van der Waals surface area contributed by atoms with Crippen molar-refractivity contribution in [2.24, 2.45) is 0 Å². The average Bonchev–Trinajstić information content (AvgIpc) is 3.17. The van der Waals surface area contributed by atoms with Crippen molar-refractivity contribution in [3.05, 3.63) is 89.0 Å². The molecule has 36 heavy (non-hydrogen) atoms. The fourth-order valence-corrected chi connectivity index (χ4v) is 5.63. The Morgan fingerprint density at radius 1 is 1.19 bits per heavy atom. The number of carbonyl (C=O) groups is 1. The minimum atomic E-state index is -3.65. The third kappa shape index (κ3) is 5.87. The number of nitrogens with one attached hydrogen (secondary N) is 2. The molecule has 0 spiro atoms. The van der Waals surface area contributed by atoms with Crippen LogP contribution >= 0.6 is 0 Å². The third-order valence-electron chi connectivity index (χ3n) is 6.37. The van der Waals surface area contributed by atoms with Crippen LogP contribution in [-0.4, -0.2) is 44.4 Å². The Balaban J connectivity index is 1.48. The second-order valence-electron chi connectivity index (χ2n) is 8.83. The fourth-order valence-electron chi connectivity index (χ4n) is 4.29. The van der Waals surface area contributed by atoms with Gasteiger partial charge in [-0.05, 0) is 60.7 Å². The Kier molecular flexibility index (Phi) is 7.93. The number of ether oxygens (including phenoxy) is 1. The third-order valence-corrected chi connectivity index (χ3v) is 8.06. The van der Waals surface area contributed by atoms with E-state index in [-0.39, 0.29) is 22.1 Å². The number of hydroxylamine groups is 2. The van der Waals surface area contributed by atoms with E-state index in [9.17, 15) is 18.4 Å². The summed E-state index contributed by atoms with van der Waals surface area (Å²) in [5, 5.41) is 17.0. The van der Waals surface area contributed by atoms with Crippen molar-refractivity contribution in [1.82, 2.24) is 10.4 Å². The molecule has 1 heterocycles. The van der Waals surface area contributed by atoms with Gasteiger partial charge in [-0.25, -0.2) is 13.2 Å². The standard InChI is InChI=1S/C27H31N3O5S/c1-19(21-7-5-3-4-6-8-21)30(32)27(31)29-25-12-11-24(16-26(25)35-2)36(33,34)18-20-9-10-23-17-28-14-13-22(23)15-20/h3-5,7-12,15-16,19,28,32H,6,13-14,17-18H2,1-2H3,(H,29,31). The van der Waals surface area contributed by atoms with Crippen molar-refractivity contribution >= 4 is 21.6 Å². The van der Waals surface area contributed by atoms with E-state index in [0.717, 1.165) is 30.6 Å². The number of allylic oxidation sites excluding steroid dienone is 4. The molecule has 1 atom stereocenters. The predicted molar refractivity (Wildman–Crippen MR) is 139 cm³/mol. The summed E-state index contributed by atoms with van der Waals surface area (Å²) < 4.78 is 31.7. The maximum Gasteiger partial charge on any atom is 0.346 e. The lowest BCUT2D eigenvalue weighted by Crippen LogP contribution is -2.39. The van der Waals surface area contributed by atoms with Gasteiger partial charge in [0.05, 0.1) is 29.5 Å². The Morgan fingerprint density at radius 2 is 2.03 bits per heavy atom. The van der Waals surface area contributed by atoms with Gasteiger partial charge in [0.25, 0.3) is 0 Å². The van der Waals surface area contributed by atoms with Crippen LogP contribution in [-0.2, 0) is 28.6 Å². The summed E-state index contributed by atoms with van der Waals surface area (Å²) in [6, 6.07) is 8.74. The zero-order valence-corrected chi connectivity index (χ0v) is 21.2. The maximum atomic E-state index is 13.2. The van der Waals surface area contributed by atoms with E-state index in [4.69, 9.17) is 4.74 Å². The molecule has 0 saturated carbocycles. The summed E-state index contributed by atoms with van der Waals surface area (Å²) >= 11 is 0. The van der Waals surface area contributed by atoms with E-state index in [1.165, 1.54) is 36.4 Å². The highest BCUT2D eigenvalue weighted by Gasteiger charge is 2.23. The van der Waals surface area contributed by atoms with Gasteiger partial charge in [-0.3, -0.25) is 5.21 Å². The predicted octanol–water partition coefficient (Wildman–Crippen LogP) is 4.37. The second kappa shape index (κ2) is 11.1. The van der Waals surface area contributed by atoms with Crippen molar-refractivity contribution in [2.45, 2.75) is 43.0 Å². The lowest BCUT2D eigenvalue weighted by molar-refractivity contribution is -0.0564. The molecule has 9 heteroatoms. The summed E-state index contributed by atoms with van der Waals surface area (Å²) in [5.41, 5.74) is 4.14. The number of urea groups is 1. The molecule has 0 saturated heterocycles. The van der Waals surface area contributed by atoms with Gasteiger partial charge in [0.15, 0.2) is 9.84 Å². The largest absolute Gasteiger partial charge is 0.495 e. The number of anilines is 1. The number of sulfone groups is 1. The van der Waals surface area contributed by atoms with Crippen LogP contribution in [0.3, 0.4) is 0 Å². The molecule has 2 aromatic carbocycles. The number of benzene rings is 2. The summed E-state index contributed by atoms with van der Waals surface area (Å²) in [5.74, 6) is 0.0434. The Bertz CT molecular complexity index is 1330. The van der Waals surface area contributed by atoms with Gasteiger partial charge in [0, 0.05) is 12.6 Å². The summed E-state index contributed by atoms with van der Waals surface area (Å²) in [7, 11) is -2.26. The number of nitrogens with zero attached hydrogens (tertiary/aromatic N) is 1. The van der Waals surface area contributed by atoms with E-state index in [1.807, 2.05) is 48.6 Å². The van der Waals surface area contributed by atoms with Gasteiger partial charge in [-0.2, -0.15) is 5.06 Å². The van der Waals surface area contributed by atoms with Gasteiger partial charge in [-0.1, -0.05) is 48.6 Å². The van der Waals surface area contributed by atoms with Crippen LogP contribution in [0.25, 0.3) is 0 Å². The lowest BCUT2D eigenvalue weighted by atomic mass is 9.99. The number of rotatable bonds is 7. The van der Waals surface area contributed by atoms with E-state index in [2.05, 4.69) is 10.6 Å². The Labute approximate surface area is 211 Å². The Hall–Kier alpha value is -3.40. The molecule has 2 aliphatic rings. The summed E-state index contributed by atoms with van der Waals surface area (Å²) in [6.45, 7) is 3.39. The van der Waals surface area contributed by atoms with Gasteiger partial charge in [-0.15, -0.1) is 0 Å². The molecule has 2 aromatic rings. The highest BCUT2D eigenvalue weighted by Crippen LogP contribution is 2.30. The first-order valence-electron chi connectivity index (χ1n) is 11.8. The maximum absolute atomic E-state index is 13.2. The molecular formula is C27H31N3O5S. The van der Waals surface area contributed by atoms with Crippen LogP contribution in [0.1, 0.15) is 30.0 Å².